The highest BCUT2D eigenvalue weighted by Gasteiger charge is 2.25. The van der Waals surface area contributed by atoms with Crippen LogP contribution in [-0.2, 0) is 31.2 Å². The van der Waals surface area contributed by atoms with E-state index in [4.69, 9.17) is 0 Å². The summed E-state index contributed by atoms with van der Waals surface area (Å²) in [5, 5.41) is 7.74. The monoisotopic (exact) mass is 550 g/mol. The lowest BCUT2D eigenvalue weighted by Crippen LogP contribution is -2.41. The van der Waals surface area contributed by atoms with E-state index in [0.717, 1.165) is 57.9 Å². The molecule has 0 aliphatic carbocycles. The number of nitrogens with zero attached hydrogens (tertiary/aromatic N) is 5. The molecule has 3 heterocycles. The Labute approximate surface area is 208 Å². The first-order valence-corrected chi connectivity index (χ1v) is 11.4. The quantitative estimate of drug-likeness (QED) is 0.260. The molecule has 1 amide bonds. The Morgan fingerprint density at radius 1 is 1.22 bits per heavy atom. The van der Waals surface area contributed by atoms with Crippen molar-refractivity contribution < 1.29 is 4.79 Å². The molecule has 8 heteroatoms. The molecule has 32 heavy (non-hydrogen) atoms. The van der Waals surface area contributed by atoms with Crippen LogP contribution in [0.2, 0.25) is 0 Å². The first-order valence-electron chi connectivity index (χ1n) is 11.4. The van der Waals surface area contributed by atoms with Crippen LogP contribution in [0.15, 0.2) is 41.7 Å². The number of aromatic nitrogens is 2. The topological polar surface area (TPSA) is 65.8 Å². The molecule has 2 aliphatic rings. The summed E-state index contributed by atoms with van der Waals surface area (Å²) in [7, 11) is 3.80. The second-order valence-corrected chi connectivity index (χ2v) is 8.74. The zero-order chi connectivity index (χ0) is 21.6. The predicted octanol–water partition coefficient (Wildman–Crippen LogP) is 2.84. The minimum atomic E-state index is 0. The molecular weight excluding hydrogens is 515 g/mol. The number of halogens is 1. The summed E-state index contributed by atoms with van der Waals surface area (Å²) < 4.78 is 1.87. The number of aliphatic imine (C=N–C) groups is 1. The molecule has 2 aromatic rings. The second kappa shape index (κ2) is 11.7. The van der Waals surface area contributed by atoms with Gasteiger partial charge in [-0.3, -0.25) is 14.5 Å². The van der Waals surface area contributed by atoms with Gasteiger partial charge in [0.1, 0.15) is 0 Å². The van der Waals surface area contributed by atoms with Gasteiger partial charge in [-0.2, -0.15) is 5.10 Å². The van der Waals surface area contributed by atoms with E-state index >= 15 is 0 Å². The highest BCUT2D eigenvalue weighted by atomic mass is 127. The van der Waals surface area contributed by atoms with Crippen molar-refractivity contribution in [2.45, 2.75) is 38.6 Å². The number of hydrogen-bond acceptors (Lipinski definition) is 3. The number of likely N-dealkylation sites (tertiary alicyclic amines) is 1. The molecule has 1 aromatic heterocycles. The predicted molar refractivity (Wildman–Crippen MR) is 138 cm³/mol. The second-order valence-electron chi connectivity index (χ2n) is 8.74. The number of benzene rings is 1. The number of fused-ring (bicyclic) bond motifs is 1. The van der Waals surface area contributed by atoms with Crippen molar-refractivity contribution in [1.82, 2.24) is 24.9 Å². The highest BCUT2D eigenvalue weighted by molar-refractivity contribution is 14.0. The van der Waals surface area contributed by atoms with Crippen LogP contribution in [0.5, 0.6) is 0 Å². The molecule has 0 bridgehead atoms. The number of rotatable bonds is 6. The van der Waals surface area contributed by atoms with Crippen LogP contribution < -0.4 is 5.32 Å². The van der Waals surface area contributed by atoms with Crippen LogP contribution in [0, 0.1) is 5.92 Å². The highest BCUT2D eigenvalue weighted by Crippen LogP contribution is 2.21. The van der Waals surface area contributed by atoms with Crippen molar-refractivity contribution in [2.75, 3.05) is 33.2 Å². The number of nitrogens with one attached hydrogen (secondary N) is 1. The smallest absolute Gasteiger partial charge is 0.222 e. The third-order valence-corrected chi connectivity index (χ3v) is 6.41. The van der Waals surface area contributed by atoms with Crippen molar-refractivity contribution in [2.24, 2.45) is 18.0 Å². The summed E-state index contributed by atoms with van der Waals surface area (Å²) in [6.45, 7) is 4.39. The van der Waals surface area contributed by atoms with Gasteiger partial charge in [0, 0.05) is 59.4 Å². The van der Waals surface area contributed by atoms with Crippen molar-refractivity contribution in [3.8, 4) is 0 Å². The maximum Gasteiger partial charge on any atom is 0.222 e. The van der Waals surface area contributed by atoms with Crippen molar-refractivity contribution in [3.63, 3.8) is 0 Å². The Hall–Kier alpha value is -2.10. The number of carbonyl (C=O) groups excluding carboxylic acids is 1. The van der Waals surface area contributed by atoms with Gasteiger partial charge >= 0.3 is 0 Å². The Bertz CT molecular complexity index is 927. The van der Waals surface area contributed by atoms with E-state index in [0.29, 0.717) is 12.3 Å². The van der Waals surface area contributed by atoms with E-state index in [1.54, 1.807) is 0 Å². The average Bonchev–Trinajstić information content (AvgIpc) is 3.42. The molecule has 0 spiro atoms. The average molecular weight is 550 g/mol. The van der Waals surface area contributed by atoms with E-state index in [-0.39, 0.29) is 29.9 Å². The number of carbonyl (C=O) groups is 1. The van der Waals surface area contributed by atoms with Gasteiger partial charge in [-0.15, -0.1) is 24.0 Å². The molecule has 1 unspecified atom stereocenters. The van der Waals surface area contributed by atoms with Crippen molar-refractivity contribution in [1.29, 1.82) is 0 Å². The van der Waals surface area contributed by atoms with E-state index in [1.807, 2.05) is 29.9 Å². The fraction of sp³-hybridized carbons (Fsp3) is 0.542. The zero-order valence-corrected chi connectivity index (χ0v) is 21.5. The maximum absolute atomic E-state index is 12.6. The lowest BCUT2D eigenvalue weighted by Gasteiger charge is -2.29. The van der Waals surface area contributed by atoms with Gasteiger partial charge in [-0.05, 0) is 48.3 Å². The Morgan fingerprint density at radius 2 is 2.03 bits per heavy atom. The fourth-order valence-corrected chi connectivity index (χ4v) is 4.74. The van der Waals surface area contributed by atoms with Crippen LogP contribution in [0.4, 0.5) is 0 Å². The Balaban J connectivity index is 0.00000289. The lowest BCUT2D eigenvalue weighted by atomic mass is 9.99. The molecule has 4 rings (SSSR count). The van der Waals surface area contributed by atoms with E-state index in [9.17, 15) is 4.79 Å². The standard InChI is InChI=1S/C24H34N6O.HI/c1-25-24(30-12-9-19(17-30)14-20-15-27-28(2)16-20)26-11-5-8-23(31)29-13-10-21-6-3-4-7-22(21)18-29;/h3-4,6-7,15-16,19H,5,8-14,17-18H2,1-2H3,(H,25,26);1H. The summed E-state index contributed by atoms with van der Waals surface area (Å²) >= 11 is 0. The molecule has 1 atom stereocenters. The van der Waals surface area contributed by atoms with Gasteiger partial charge in [0.15, 0.2) is 5.96 Å². The van der Waals surface area contributed by atoms with Gasteiger partial charge in [-0.1, -0.05) is 24.3 Å². The number of amides is 1. The summed E-state index contributed by atoms with van der Waals surface area (Å²) in [4.78, 5) is 21.5. The molecule has 0 saturated carbocycles. The molecular formula is C24H35IN6O. The molecule has 0 radical (unpaired) electrons. The van der Waals surface area contributed by atoms with Gasteiger partial charge in [0.05, 0.1) is 6.20 Å². The number of aryl methyl sites for hydroxylation is 1. The van der Waals surface area contributed by atoms with Crippen LogP contribution >= 0.6 is 24.0 Å². The van der Waals surface area contributed by atoms with Crippen molar-refractivity contribution >= 4 is 35.8 Å². The number of hydrogen-bond donors (Lipinski definition) is 1. The summed E-state index contributed by atoms with van der Waals surface area (Å²) in [6, 6.07) is 8.45. The minimum Gasteiger partial charge on any atom is -0.356 e. The zero-order valence-electron chi connectivity index (χ0n) is 19.2. The van der Waals surface area contributed by atoms with Crippen LogP contribution in [0.25, 0.3) is 0 Å². The Morgan fingerprint density at radius 3 is 2.78 bits per heavy atom. The largest absolute Gasteiger partial charge is 0.356 e. The fourth-order valence-electron chi connectivity index (χ4n) is 4.74. The van der Waals surface area contributed by atoms with Crippen LogP contribution in [-0.4, -0.2) is 64.7 Å². The van der Waals surface area contributed by atoms with E-state index < -0.39 is 0 Å². The Kier molecular flexibility index (Phi) is 8.95. The van der Waals surface area contributed by atoms with Gasteiger partial charge in [0.25, 0.3) is 0 Å². The molecule has 1 N–H and O–H groups in total. The summed E-state index contributed by atoms with van der Waals surface area (Å²) in [5.74, 6) is 1.84. The molecule has 1 aromatic carbocycles. The van der Waals surface area contributed by atoms with E-state index in [1.165, 1.54) is 23.1 Å². The SMILES string of the molecule is CN=C(NCCCC(=O)N1CCc2ccccc2C1)N1CCC(Cc2cnn(C)c2)C1.I. The van der Waals surface area contributed by atoms with E-state index in [2.05, 4.69) is 50.8 Å². The molecule has 7 nitrogen and oxygen atoms in total. The van der Waals surface area contributed by atoms with Gasteiger partial charge < -0.3 is 15.1 Å². The van der Waals surface area contributed by atoms with Crippen molar-refractivity contribution in [3.05, 3.63) is 53.3 Å². The maximum atomic E-state index is 12.6. The van der Waals surface area contributed by atoms with Crippen LogP contribution in [0.1, 0.15) is 36.0 Å². The molecule has 2 aliphatic heterocycles. The molecule has 174 valence electrons. The summed E-state index contributed by atoms with van der Waals surface area (Å²) in [6.07, 6.45) is 8.67. The molecule has 1 fully saturated rings. The number of guanidine groups is 1. The summed E-state index contributed by atoms with van der Waals surface area (Å²) in [5.41, 5.74) is 3.97. The first-order chi connectivity index (χ1) is 15.1. The lowest BCUT2D eigenvalue weighted by molar-refractivity contribution is -0.132. The van der Waals surface area contributed by atoms with Gasteiger partial charge in [-0.25, -0.2) is 0 Å². The third-order valence-electron chi connectivity index (χ3n) is 6.41. The third kappa shape index (κ3) is 6.24. The minimum absolute atomic E-state index is 0. The normalized spacial score (nSPS) is 18.3. The van der Waals surface area contributed by atoms with Gasteiger partial charge in [0.2, 0.25) is 5.91 Å². The first kappa shape index (κ1) is 24.5. The van der Waals surface area contributed by atoms with Crippen LogP contribution in [0.3, 0.4) is 0 Å². The molecule has 1 saturated heterocycles.